The van der Waals surface area contributed by atoms with Crippen molar-refractivity contribution < 1.29 is 0 Å². The van der Waals surface area contributed by atoms with E-state index < -0.39 is 0 Å². The molecule has 0 aromatic rings. The van der Waals surface area contributed by atoms with E-state index >= 15 is 0 Å². The molecule has 0 nitrogen and oxygen atoms in total. The van der Waals surface area contributed by atoms with Gasteiger partial charge in [-0.3, -0.25) is 0 Å². The van der Waals surface area contributed by atoms with Gasteiger partial charge < -0.3 is 0 Å². The van der Waals surface area contributed by atoms with Crippen LogP contribution in [0.3, 0.4) is 0 Å². The minimum Gasteiger partial charge on any atom is -0.0958 e. The van der Waals surface area contributed by atoms with Crippen LogP contribution in [0.1, 0.15) is 66.2 Å². The highest BCUT2D eigenvalue weighted by Crippen LogP contribution is 2.19. The smallest absolute Gasteiger partial charge is 0.0280 e. The van der Waals surface area contributed by atoms with Gasteiger partial charge in [0.1, 0.15) is 0 Å². The average Bonchev–Trinajstić information content (AvgIpc) is 2.29. The number of hydrogen-bond acceptors (Lipinski definition) is 0. The van der Waals surface area contributed by atoms with Gasteiger partial charge in [0.2, 0.25) is 0 Å². The predicted molar refractivity (Wildman–Crippen MR) is 80.3 cm³/mol. The van der Waals surface area contributed by atoms with Gasteiger partial charge in [-0.2, -0.15) is 0 Å². The maximum Gasteiger partial charge on any atom is -0.0280 e. The van der Waals surface area contributed by atoms with Crippen LogP contribution in [0.25, 0.3) is 0 Å². The molecule has 0 amide bonds. The minimum absolute atomic E-state index is 0.780. The molecular weight excluding hydrogens is 204 g/mol. The van der Waals surface area contributed by atoms with Gasteiger partial charge in [0.05, 0.1) is 0 Å². The van der Waals surface area contributed by atoms with E-state index in [4.69, 9.17) is 0 Å². The Hall–Kier alpha value is -0.780. The molecule has 0 bridgehead atoms. The van der Waals surface area contributed by atoms with Crippen LogP contribution in [0.2, 0.25) is 0 Å². The first-order valence-electron chi connectivity index (χ1n) is 7.07. The quantitative estimate of drug-likeness (QED) is 0.336. The van der Waals surface area contributed by atoms with Crippen molar-refractivity contribution in [2.45, 2.75) is 66.2 Å². The fourth-order valence-electron chi connectivity index (χ4n) is 1.87. The first-order valence-corrected chi connectivity index (χ1v) is 7.07. The molecule has 0 aromatic heterocycles. The number of unbranched alkanes of at least 4 members (excludes halogenated alkanes) is 1. The van der Waals surface area contributed by atoms with Gasteiger partial charge in [-0.15, -0.1) is 0 Å². The second-order valence-electron chi connectivity index (χ2n) is 5.10. The Morgan fingerprint density at radius 3 is 2.59 bits per heavy atom. The Kier molecular flexibility index (Phi) is 9.90. The molecule has 0 spiro atoms. The van der Waals surface area contributed by atoms with Crippen molar-refractivity contribution in [2.24, 2.45) is 5.92 Å². The van der Waals surface area contributed by atoms with Crippen LogP contribution in [0.4, 0.5) is 0 Å². The largest absolute Gasteiger partial charge is 0.0958 e. The van der Waals surface area contributed by atoms with Gasteiger partial charge in [0, 0.05) is 0 Å². The molecule has 98 valence electrons. The molecule has 1 unspecified atom stereocenters. The molecule has 0 heterocycles. The third-order valence-corrected chi connectivity index (χ3v) is 3.18. The third kappa shape index (κ3) is 8.97. The van der Waals surface area contributed by atoms with Gasteiger partial charge in [0.15, 0.2) is 0 Å². The lowest BCUT2D eigenvalue weighted by Crippen LogP contribution is -1.94. The summed E-state index contributed by atoms with van der Waals surface area (Å²) in [6, 6.07) is 0. The SMILES string of the molecule is C=C(C)C(=CCC(C)CCC=CC)CCCC. The summed E-state index contributed by atoms with van der Waals surface area (Å²) in [4.78, 5) is 0. The second kappa shape index (κ2) is 10.4. The summed E-state index contributed by atoms with van der Waals surface area (Å²) >= 11 is 0. The molecule has 0 aliphatic heterocycles. The summed E-state index contributed by atoms with van der Waals surface area (Å²) in [7, 11) is 0. The van der Waals surface area contributed by atoms with Crippen LogP contribution in [0.5, 0.6) is 0 Å². The molecule has 1 atom stereocenters. The van der Waals surface area contributed by atoms with Gasteiger partial charge >= 0.3 is 0 Å². The Balaban J connectivity index is 4.09. The molecule has 0 aliphatic carbocycles. The van der Waals surface area contributed by atoms with Gasteiger partial charge in [-0.25, -0.2) is 0 Å². The molecule has 17 heavy (non-hydrogen) atoms. The third-order valence-electron chi connectivity index (χ3n) is 3.18. The maximum atomic E-state index is 4.08. The number of allylic oxidation sites excluding steroid dienone is 5. The fourth-order valence-corrected chi connectivity index (χ4v) is 1.87. The highest BCUT2D eigenvalue weighted by atomic mass is 14.1. The van der Waals surface area contributed by atoms with Crippen molar-refractivity contribution >= 4 is 0 Å². The van der Waals surface area contributed by atoms with E-state index in [1.54, 1.807) is 0 Å². The molecule has 0 radical (unpaired) electrons. The summed E-state index contributed by atoms with van der Waals surface area (Å²) in [6.07, 6.45) is 14.3. The molecule has 0 heteroatoms. The summed E-state index contributed by atoms with van der Waals surface area (Å²) < 4.78 is 0. The zero-order valence-corrected chi connectivity index (χ0v) is 12.3. The lowest BCUT2D eigenvalue weighted by Gasteiger charge is -2.10. The lowest BCUT2D eigenvalue weighted by molar-refractivity contribution is 0.544. The van der Waals surface area contributed by atoms with Crippen LogP contribution in [0, 0.1) is 5.92 Å². The second-order valence-corrected chi connectivity index (χ2v) is 5.10. The fraction of sp³-hybridized carbons (Fsp3) is 0.647. The first kappa shape index (κ1) is 16.2. The first-order chi connectivity index (χ1) is 8.11. The van der Waals surface area contributed by atoms with Crippen molar-refractivity contribution in [2.75, 3.05) is 0 Å². The Morgan fingerprint density at radius 2 is 2.06 bits per heavy atom. The molecular formula is C17H30. The van der Waals surface area contributed by atoms with E-state index in [9.17, 15) is 0 Å². The summed E-state index contributed by atoms with van der Waals surface area (Å²) in [6.45, 7) is 12.9. The van der Waals surface area contributed by atoms with Crippen molar-refractivity contribution in [1.29, 1.82) is 0 Å². The average molecular weight is 234 g/mol. The standard InChI is InChI=1S/C17H30/c1-6-8-10-11-16(5)13-14-17(15(3)4)12-9-7-2/h6,8,14,16H,3,7,9-13H2,1-2,4-5H3. The number of hydrogen-bond donors (Lipinski definition) is 0. The predicted octanol–water partition coefficient (Wildman–Crippen LogP) is 6.06. The maximum absolute atomic E-state index is 4.08. The summed E-state index contributed by atoms with van der Waals surface area (Å²) in [5.41, 5.74) is 2.73. The Morgan fingerprint density at radius 1 is 1.35 bits per heavy atom. The van der Waals surface area contributed by atoms with Crippen molar-refractivity contribution in [3.05, 3.63) is 36.0 Å². The minimum atomic E-state index is 0.780. The van der Waals surface area contributed by atoms with E-state index in [0.29, 0.717) is 0 Å². The molecule has 0 fully saturated rings. The van der Waals surface area contributed by atoms with Crippen LogP contribution in [-0.2, 0) is 0 Å². The summed E-state index contributed by atoms with van der Waals surface area (Å²) in [5.74, 6) is 0.780. The van der Waals surface area contributed by atoms with Gasteiger partial charge in [0.25, 0.3) is 0 Å². The van der Waals surface area contributed by atoms with Crippen molar-refractivity contribution in [3.8, 4) is 0 Å². The van der Waals surface area contributed by atoms with Crippen molar-refractivity contribution in [1.82, 2.24) is 0 Å². The van der Waals surface area contributed by atoms with E-state index in [0.717, 1.165) is 5.92 Å². The topological polar surface area (TPSA) is 0 Å². The normalized spacial score (nSPS) is 14.2. The molecule has 0 rings (SSSR count). The molecule has 0 aliphatic rings. The molecule has 0 aromatic carbocycles. The highest BCUT2D eigenvalue weighted by Gasteiger charge is 2.02. The zero-order chi connectivity index (χ0) is 13.1. The monoisotopic (exact) mass is 234 g/mol. The van der Waals surface area contributed by atoms with E-state index in [1.807, 2.05) is 0 Å². The molecule has 0 saturated carbocycles. The highest BCUT2D eigenvalue weighted by molar-refractivity contribution is 5.26. The van der Waals surface area contributed by atoms with E-state index in [-0.39, 0.29) is 0 Å². The van der Waals surface area contributed by atoms with Crippen LogP contribution < -0.4 is 0 Å². The van der Waals surface area contributed by atoms with Crippen molar-refractivity contribution in [3.63, 3.8) is 0 Å². The van der Waals surface area contributed by atoms with Crippen LogP contribution in [0.15, 0.2) is 36.0 Å². The molecule has 0 N–H and O–H groups in total. The van der Waals surface area contributed by atoms with Crippen LogP contribution >= 0.6 is 0 Å². The van der Waals surface area contributed by atoms with E-state index in [2.05, 4.69) is 52.5 Å². The molecule has 0 saturated heterocycles. The van der Waals surface area contributed by atoms with Gasteiger partial charge in [-0.1, -0.05) is 50.6 Å². The van der Waals surface area contributed by atoms with Gasteiger partial charge in [-0.05, 0) is 57.4 Å². The zero-order valence-electron chi connectivity index (χ0n) is 12.3. The Labute approximate surface area is 109 Å². The van der Waals surface area contributed by atoms with E-state index in [1.165, 1.54) is 49.7 Å². The Bertz CT molecular complexity index is 255. The number of rotatable bonds is 9. The van der Waals surface area contributed by atoms with Crippen LogP contribution in [-0.4, -0.2) is 0 Å². The lowest BCUT2D eigenvalue weighted by atomic mass is 9.96. The summed E-state index contributed by atoms with van der Waals surface area (Å²) in [5, 5.41) is 0.